The van der Waals surface area contributed by atoms with Gasteiger partial charge in [-0.1, -0.05) is 17.3 Å². The Bertz CT molecular complexity index is 551. The third-order valence-electron chi connectivity index (χ3n) is 2.99. The fourth-order valence-corrected chi connectivity index (χ4v) is 2.15. The van der Waals surface area contributed by atoms with Gasteiger partial charge >= 0.3 is 6.43 Å². The first-order chi connectivity index (χ1) is 8.24. The van der Waals surface area contributed by atoms with Gasteiger partial charge < -0.3 is 4.52 Å². The summed E-state index contributed by atoms with van der Waals surface area (Å²) >= 11 is 0. The zero-order valence-corrected chi connectivity index (χ0v) is 8.99. The van der Waals surface area contributed by atoms with Gasteiger partial charge in [-0.25, -0.2) is 0 Å². The van der Waals surface area contributed by atoms with Gasteiger partial charge in [0.1, 0.15) is 0 Å². The van der Waals surface area contributed by atoms with Crippen LogP contribution in [0.4, 0.5) is 8.78 Å². The number of nitrogens with zero attached hydrogens (tertiary/aromatic N) is 2. The summed E-state index contributed by atoms with van der Waals surface area (Å²) in [5, 5.41) is 3.57. The SMILES string of the molecule is FC(F)c1nc(-c2ccc3c(c2)CCC3)no1. The number of aromatic nitrogens is 2. The molecule has 0 unspecified atom stereocenters. The first-order valence-electron chi connectivity index (χ1n) is 5.48. The van der Waals surface area contributed by atoms with Crippen LogP contribution in [0.1, 0.15) is 29.9 Å². The van der Waals surface area contributed by atoms with Crippen LogP contribution in [-0.4, -0.2) is 10.1 Å². The minimum absolute atomic E-state index is 0.231. The van der Waals surface area contributed by atoms with Gasteiger partial charge in [0, 0.05) is 5.56 Å². The standard InChI is InChI=1S/C12H10F2N2O/c13-10(14)12-15-11(16-17-12)9-5-4-7-2-1-3-8(7)6-9/h4-6,10H,1-3H2. The molecule has 1 aliphatic rings. The molecule has 17 heavy (non-hydrogen) atoms. The lowest BCUT2D eigenvalue weighted by atomic mass is 10.1. The van der Waals surface area contributed by atoms with Crippen LogP contribution < -0.4 is 0 Å². The van der Waals surface area contributed by atoms with Gasteiger partial charge in [-0.3, -0.25) is 0 Å². The molecule has 5 heteroatoms. The van der Waals surface area contributed by atoms with Gasteiger partial charge in [0.25, 0.3) is 5.89 Å². The van der Waals surface area contributed by atoms with Crippen molar-refractivity contribution in [2.75, 3.05) is 0 Å². The Morgan fingerprint density at radius 3 is 2.76 bits per heavy atom. The van der Waals surface area contributed by atoms with Gasteiger partial charge in [0.2, 0.25) is 5.82 Å². The Morgan fingerprint density at radius 1 is 1.18 bits per heavy atom. The van der Waals surface area contributed by atoms with E-state index in [4.69, 9.17) is 0 Å². The minimum atomic E-state index is -2.72. The molecule has 88 valence electrons. The van der Waals surface area contributed by atoms with Crippen LogP contribution in [0, 0.1) is 0 Å². The topological polar surface area (TPSA) is 38.9 Å². The van der Waals surface area contributed by atoms with Crippen LogP contribution >= 0.6 is 0 Å². The number of hydrogen-bond acceptors (Lipinski definition) is 3. The molecular formula is C12H10F2N2O. The summed E-state index contributed by atoms with van der Waals surface area (Å²) in [7, 11) is 0. The largest absolute Gasteiger partial charge is 0.333 e. The molecule has 0 amide bonds. The van der Waals surface area contributed by atoms with E-state index in [9.17, 15) is 8.78 Å². The summed E-state index contributed by atoms with van der Waals surface area (Å²) in [6.45, 7) is 0. The van der Waals surface area contributed by atoms with Crippen molar-refractivity contribution in [1.29, 1.82) is 0 Å². The summed E-state index contributed by atoms with van der Waals surface area (Å²) in [5.41, 5.74) is 3.32. The van der Waals surface area contributed by atoms with E-state index in [1.165, 1.54) is 11.1 Å². The maximum Gasteiger partial charge on any atom is 0.315 e. The highest BCUT2D eigenvalue weighted by atomic mass is 19.3. The fraction of sp³-hybridized carbons (Fsp3) is 0.333. The Hall–Kier alpha value is -1.78. The average Bonchev–Trinajstić information content (AvgIpc) is 2.97. The first-order valence-corrected chi connectivity index (χ1v) is 5.48. The number of hydrogen-bond donors (Lipinski definition) is 0. The molecule has 1 aromatic carbocycles. The van der Waals surface area contributed by atoms with E-state index in [2.05, 4.69) is 14.7 Å². The highest BCUT2D eigenvalue weighted by Gasteiger charge is 2.18. The van der Waals surface area contributed by atoms with Crippen molar-refractivity contribution >= 4 is 0 Å². The summed E-state index contributed by atoms with van der Waals surface area (Å²) < 4.78 is 29.1. The van der Waals surface area contributed by atoms with Crippen LogP contribution in [0.5, 0.6) is 0 Å². The van der Waals surface area contributed by atoms with E-state index < -0.39 is 12.3 Å². The molecule has 1 aromatic heterocycles. The molecule has 0 N–H and O–H groups in total. The maximum atomic E-state index is 12.3. The molecule has 0 saturated carbocycles. The van der Waals surface area contributed by atoms with Crippen LogP contribution in [0.25, 0.3) is 11.4 Å². The van der Waals surface area contributed by atoms with Gasteiger partial charge in [-0.05, 0) is 36.5 Å². The van der Waals surface area contributed by atoms with E-state index in [0.717, 1.165) is 24.8 Å². The van der Waals surface area contributed by atoms with Crippen LogP contribution in [-0.2, 0) is 12.8 Å². The van der Waals surface area contributed by atoms with E-state index in [0.29, 0.717) is 0 Å². The van der Waals surface area contributed by atoms with Crippen LogP contribution in [0.2, 0.25) is 0 Å². The molecule has 0 aliphatic heterocycles. The Morgan fingerprint density at radius 2 is 2.00 bits per heavy atom. The van der Waals surface area contributed by atoms with Gasteiger partial charge in [-0.15, -0.1) is 0 Å². The molecule has 0 spiro atoms. The molecule has 0 radical (unpaired) electrons. The lowest BCUT2D eigenvalue weighted by Crippen LogP contribution is -1.87. The number of fused-ring (bicyclic) bond motifs is 1. The van der Waals surface area contributed by atoms with E-state index in [1.807, 2.05) is 18.2 Å². The summed E-state index contributed by atoms with van der Waals surface area (Å²) in [5.74, 6) is -0.393. The predicted octanol–water partition coefficient (Wildman–Crippen LogP) is 3.16. The molecule has 3 rings (SSSR count). The molecule has 1 aliphatic carbocycles. The van der Waals surface area contributed by atoms with Crippen molar-refractivity contribution < 1.29 is 13.3 Å². The van der Waals surface area contributed by atoms with Crippen molar-refractivity contribution in [3.63, 3.8) is 0 Å². The number of halogens is 2. The lowest BCUT2D eigenvalue weighted by molar-refractivity contribution is 0.106. The molecule has 0 fully saturated rings. The van der Waals surface area contributed by atoms with Gasteiger partial charge in [-0.2, -0.15) is 13.8 Å². The third kappa shape index (κ3) is 1.81. The smallest absolute Gasteiger partial charge is 0.315 e. The number of alkyl halides is 2. The molecule has 0 bridgehead atoms. The second kappa shape index (κ2) is 3.91. The fourth-order valence-electron chi connectivity index (χ4n) is 2.15. The van der Waals surface area contributed by atoms with Crippen molar-refractivity contribution in [1.82, 2.24) is 10.1 Å². The molecule has 2 aromatic rings. The van der Waals surface area contributed by atoms with Crippen LogP contribution in [0.3, 0.4) is 0 Å². The molecule has 1 heterocycles. The van der Waals surface area contributed by atoms with E-state index in [1.54, 1.807) is 0 Å². The van der Waals surface area contributed by atoms with Crippen molar-refractivity contribution in [3.8, 4) is 11.4 Å². The lowest BCUT2D eigenvalue weighted by Gasteiger charge is -2.00. The van der Waals surface area contributed by atoms with E-state index in [-0.39, 0.29) is 5.82 Å². The summed E-state index contributed by atoms with van der Waals surface area (Å²) in [6.07, 6.45) is 0.547. The highest BCUT2D eigenvalue weighted by molar-refractivity contribution is 5.57. The second-order valence-electron chi connectivity index (χ2n) is 4.09. The normalized spacial score (nSPS) is 14.3. The Labute approximate surface area is 96.5 Å². The maximum absolute atomic E-state index is 12.3. The first kappa shape index (κ1) is 10.4. The highest BCUT2D eigenvalue weighted by Crippen LogP contribution is 2.27. The number of rotatable bonds is 2. The molecule has 0 atom stereocenters. The Balaban J connectivity index is 1.97. The van der Waals surface area contributed by atoms with Gasteiger partial charge in [0.05, 0.1) is 0 Å². The second-order valence-corrected chi connectivity index (χ2v) is 4.09. The predicted molar refractivity (Wildman–Crippen MR) is 56.7 cm³/mol. The average molecular weight is 236 g/mol. The zero-order chi connectivity index (χ0) is 11.8. The van der Waals surface area contributed by atoms with Crippen LogP contribution in [0.15, 0.2) is 22.7 Å². The molecule has 0 saturated heterocycles. The van der Waals surface area contributed by atoms with Crippen molar-refractivity contribution in [2.45, 2.75) is 25.7 Å². The quantitative estimate of drug-likeness (QED) is 0.803. The number of aryl methyl sites for hydroxylation is 2. The van der Waals surface area contributed by atoms with Gasteiger partial charge in [0.15, 0.2) is 0 Å². The summed E-state index contributed by atoms with van der Waals surface area (Å²) in [6, 6.07) is 5.82. The van der Waals surface area contributed by atoms with E-state index >= 15 is 0 Å². The summed E-state index contributed by atoms with van der Waals surface area (Å²) in [4.78, 5) is 3.68. The monoisotopic (exact) mass is 236 g/mol. The molecule has 3 nitrogen and oxygen atoms in total. The molecular weight excluding hydrogens is 226 g/mol. The number of benzene rings is 1. The third-order valence-corrected chi connectivity index (χ3v) is 2.99. The zero-order valence-electron chi connectivity index (χ0n) is 8.99. The van der Waals surface area contributed by atoms with Crippen molar-refractivity contribution in [2.24, 2.45) is 0 Å². The van der Waals surface area contributed by atoms with Crippen molar-refractivity contribution in [3.05, 3.63) is 35.2 Å². The Kier molecular flexibility index (Phi) is 2.39. The minimum Gasteiger partial charge on any atom is -0.333 e.